The van der Waals surface area contributed by atoms with Gasteiger partial charge >= 0.3 is 0 Å². The number of ketones is 2. The molecular formula is C43H84O5. The highest BCUT2D eigenvalue weighted by Gasteiger charge is 2.45. The van der Waals surface area contributed by atoms with Gasteiger partial charge in [0.15, 0.2) is 23.3 Å². The number of carbonyl (C=O) groups excluding carboxylic acids is 2. The summed E-state index contributed by atoms with van der Waals surface area (Å²) in [5.74, 6) is -1.16. The minimum absolute atomic E-state index is 0.0825. The van der Waals surface area contributed by atoms with Gasteiger partial charge in [-0.2, -0.15) is 0 Å². The van der Waals surface area contributed by atoms with E-state index in [1.807, 2.05) is 0 Å². The predicted molar refractivity (Wildman–Crippen MR) is 206 cm³/mol. The number of carbonyl (C=O) groups is 2. The second kappa shape index (κ2) is 36.0. The van der Waals surface area contributed by atoms with E-state index in [2.05, 4.69) is 13.8 Å². The van der Waals surface area contributed by atoms with Gasteiger partial charge in [-0.3, -0.25) is 9.59 Å². The molecular weight excluding hydrogens is 596 g/mol. The molecule has 0 spiro atoms. The van der Waals surface area contributed by atoms with E-state index >= 15 is 0 Å². The summed E-state index contributed by atoms with van der Waals surface area (Å²) in [6.07, 6.45) is 41.0. The van der Waals surface area contributed by atoms with Gasteiger partial charge in [0.05, 0.1) is 6.61 Å². The van der Waals surface area contributed by atoms with Crippen LogP contribution in [0.15, 0.2) is 0 Å². The molecule has 0 fully saturated rings. The number of hydrogen-bond acceptors (Lipinski definition) is 5. The van der Waals surface area contributed by atoms with Crippen molar-refractivity contribution in [2.45, 2.75) is 257 Å². The smallest absolute Gasteiger partial charge is 0.178 e. The van der Waals surface area contributed by atoms with Crippen LogP contribution in [-0.2, 0) is 9.59 Å². The third-order valence-electron chi connectivity index (χ3n) is 10.5. The summed E-state index contributed by atoms with van der Waals surface area (Å²) in [7, 11) is 0. The second-order valence-electron chi connectivity index (χ2n) is 15.2. The summed E-state index contributed by atoms with van der Waals surface area (Å²) in [6.45, 7) is 3.62. The van der Waals surface area contributed by atoms with Crippen molar-refractivity contribution in [2.75, 3.05) is 6.61 Å². The lowest BCUT2D eigenvalue weighted by Gasteiger charge is -2.29. The van der Waals surface area contributed by atoms with Crippen LogP contribution in [0, 0.1) is 0 Å². The predicted octanol–water partition coefficient (Wildman–Crippen LogP) is 12.3. The Balaban J connectivity index is 3.74. The molecule has 0 aromatic heterocycles. The summed E-state index contributed by atoms with van der Waals surface area (Å²) >= 11 is 0. The lowest BCUT2D eigenvalue weighted by molar-refractivity contribution is -0.165. The van der Waals surface area contributed by atoms with Crippen LogP contribution >= 0.6 is 0 Å². The molecule has 5 heteroatoms. The molecule has 2 atom stereocenters. The van der Waals surface area contributed by atoms with Crippen molar-refractivity contribution in [2.24, 2.45) is 0 Å². The molecule has 5 nitrogen and oxygen atoms in total. The molecule has 0 rings (SSSR count). The quantitative estimate of drug-likeness (QED) is 0.0560. The van der Waals surface area contributed by atoms with Crippen molar-refractivity contribution in [1.82, 2.24) is 0 Å². The topological polar surface area (TPSA) is 94.8 Å². The third kappa shape index (κ3) is 28.0. The van der Waals surface area contributed by atoms with E-state index in [1.165, 1.54) is 167 Å². The standard InChI is InChI=1S/C43H84O5/c1-3-5-7-9-11-13-15-17-19-21-23-25-27-29-31-33-35-37-40(45)42(47)43(48,39-44)41(46)38-36-34-32-30-28-26-24-22-20-18-16-14-12-10-8-6-4-2/h42,44,47-48H,3-39H2,1-2H3. The molecule has 0 heterocycles. The summed E-state index contributed by atoms with van der Waals surface area (Å²) in [4.78, 5) is 25.3. The van der Waals surface area contributed by atoms with E-state index in [0.717, 1.165) is 38.5 Å². The monoisotopic (exact) mass is 681 g/mol. The summed E-state index contributed by atoms with van der Waals surface area (Å²) in [5.41, 5.74) is -2.37. The Kier molecular flexibility index (Phi) is 35.4. The molecule has 0 aromatic carbocycles. The van der Waals surface area contributed by atoms with Crippen molar-refractivity contribution in [1.29, 1.82) is 0 Å². The summed E-state index contributed by atoms with van der Waals surface area (Å²) in [6, 6.07) is 0. The molecule has 0 bridgehead atoms. The maximum atomic E-state index is 12.7. The number of aliphatic hydroxyl groups excluding tert-OH is 2. The van der Waals surface area contributed by atoms with Crippen LogP contribution in [0.3, 0.4) is 0 Å². The van der Waals surface area contributed by atoms with E-state index in [0.29, 0.717) is 12.8 Å². The van der Waals surface area contributed by atoms with Crippen LogP contribution < -0.4 is 0 Å². The Morgan fingerprint density at radius 1 is 0.417 bits per heavy atom. The first-order valence-electron chi connectivity index (χ1n) is 21.5. The molecule has 0 saturated carbocycles. The third-order valence-corrected chi connectivity index (χ3v) is 10.5. The van der Waals surface area contributed by atoms with Gasteiger partial charge in [-0.15, -0.1) is 0 Å². The molecule has 0 amide bonds. The molecule has 0 radical (unpaired) electrons. The van der Waals surface area contributed by atoms with Gasteiger partial charge in [-0.1, -0.05) is 219 Å². The van der Waals surface area contributed by atoms with E-state index in [4.69, 9.17) is 0 Å². The Labute approximate surface area is 299 Å². The molecule has 286 valence electrons. The van der Waals surface area contributed by atoms with Gasteiger partial charge in [-0.25, -0.2) is 0 Å². The number of unbranched alkanes of at least 4 members (excludes halogenated alkanes) is 32. The highest BCUT2D eigenvalue weighted by atomic mass is 16.4. The van der Waals surface area contributed by atoms with Gasteiger partial charge in [0, 0.05) is 12.8 Å². The van der Waals surface area contributed by atoms with E-state index in [-0.39, 0.29) is 12.8 Å². The van der Waals surface area contributed by atoms with E-state index < -0.39 is 29.9 Å². The molecule has 0 aliphatic heterocycles. The van der Waals surface area contributed by atoms with E-state index in [1.54, 1.807) is 0 Å². The van der Waals surface area contributed by atoms with Crippen molar-refractivity contribution >= 4 is 11.6 Å². The first kappa shape index (κ1) is 47.2. The van der Waals surface area contributed by atoms with Crippen LogP contribution in [0.5, 0.6) is 0 Å². The van der Waals surface area contributed by atoms with Gasteiger partial charge in [0.2, 0.25) is 0 Å². The Morgan fingerprint density at radius 3 is 0.896 bits per heavy atom. The highest BCUT2D eigenvalue weighted by Crippen LogP contribution is 2.21. The molecule has 3 N–H and O–H groups in total. The summed E-state index contributed by atoms with van der Waals surface area (Å²) < 4.78 is 0. The maximum absolute atomic E-state index is 12.7. The molecule has 0 aromatic rings. The lowest BCUT2D eigenvalue weighted by Crippen LogP contribution is -2.55. The average Bonchev–Trinajstić information content (AvgIpc) is 3.09. The Hall–Kier alpha value is -0.780. The van der Waals surface area contributed by atoms with Gasteiger partial charge in [0.25, 0.3) is 0 Å². The molecule has 0 saturated heterocycles. The maximum Gasteiger partial charge on any atom is 0.178 e. The fraction of sp³-hybridized carbons (Fsp3) is 0.953. The normalized spacial score (nSPS) is 13.5. The van der Waals surface area contributed by atoms with E-state index in [9.17, 15) is 24.9 Å². The van der Waals surface area contributed by atoms with Crippen molar-refractivity contribution in [3.05, 3.63) is 0 Å². The fourth-order valence-electron chi connectivity index (χ4n) is 6.98. The first-order valence-corrected chi connectivity index (χ1v) is 21.5. The Bertz CT molecular complexity index is 695. The molecule has 2 unspecified atom stereocenters. The SMILES string of the molecule is CCCCCCCCCCCCCCCCCCCC(=O)C(O)C(O)(CO)C(=O)CCCCCCCCCCCCCCCCCCC. The minimum atomic E-state index is -2.37. The zero-order valence-corrected chi connectivity index (χ0v) is 32.4. The molecule has 0 aliphatic rings. The van der Waals surface area contributed by atoms with Crippen LogP contribution in [0.1, 0.15) is 245 Å². The van der Waals surface area contributed by atoms with Crippen molar-refractivity contribution < 1.29 is 24.9 Å². The Morgan fingerprint density at radius 2 is 0.646 bits per heavy atom. The van der Waals surface area contributed by atoms with Crippen LogP contribution in [0.2, 0.25) is 0 Å². The zero-order valence-electron chi connectivity index (χ0n) is 32.4. The molecule has 0 aliphatic carbocycles. The fourth-order valence-corrected chi connectivity index (χ4v) is 6.98. The summed E-state index contributed by atoms with van der Waals surface area (Å²) in [5, 5.41) is 31.0. The number of Topliss-reactive ketones (excluding diaryl/α,β-unsaturated/α-hetero) is 2. The number of hydrogen-bond donors (Lipinski definition) is 3. The van der Waals surface area contributed by atoms with Crippen LogP contribution in [0.4, 0.5) is 0 Å². The zero-order chi connectivity index (χ0) is 35.4. The largest absolute Gasteiger partial charge is 0.393 e. The van der Waals surface area contributed by atoms with Crippen LogP contribution in [0.25, 0.3) is 0 Å². The lowest BCUT2D eigenvalue weighted by atomic mass is 9.85. The second-order valence-corrected chi connectivity index (χ2v) is 15.2. The minimum Gasteiger partial charge on any atom is -0.393 e. The number of aliphatic hydroxyl groups is 3. The van der Waals surface area contributed by atoms with Gasteiger partial charge < -0.3 is 15.3 Å². The molecule has 48 heavy (non-hydrogen) atoms. The van der Waals surface area contributed by atoms with Crippen molar-refractivity contribution in [3.8, 4) is 0 Å². The van der Waals surface area contributed by atoms with Gasteiger partial charge in [0.1, 0.15) is 0 Å². The first-order chi connectivity index (χ1) is 23.4. The van der Waals surface area contributed by atoms with Gasteiger partial charge in [-0.05, 0) is 12.8 Å². The highest BCUT2D eigenvalue weighted by molar-refractivity contribution is 5.96. The van der Waals surface area contributed by atoms with Crippen LogP contribution in [-0.4, -0.2) is 45.2 Å². The van der Waals surface area contributed by atoms with Crippen molar-refractivity contribution in [3.63, 3.8) is 0 Å². The number of rotatable bonds is 40. The average molecular weight is 681 g/mol.